The van der Waals surface area contributed by atoms with Crippen molar-refractivity contribution in [3.8, 4) is 0 Å². The van der Waals surface area contributed by atoms with Gasteiger partial charge in [0.15, 0.2) is 0 Å². The number of hydrogen-bond acceptors (Lipinski definition) is 1. The minimum atomic E-state index is -6.00. The molecule has 0 heterocycles. The third-order valence-corrected chi connectivity index (χ3v) is 1.28. The highest BCUT2D eigenvalue weighted by atomic mass is 19.5. The van der Waals surface area contributed by atoms with Gasteiger partial charge in [-0.05, 0) is 18.5 Å². The first-order valence-electron chi connectivity index (χ1n) is 4.05. The van der Waals surface area contributed by atoms with Gasteiger partial charge in [0.05, 0.1) is 0 Å². The molecule has 14 heavy (non-hydrogen) atoms. The monoisotopic (exact) mass is 208 g/mol. The summed E-state index contributed by atoms with van der Waals surface area (Å²) in [5, 5.41) is 0. The maximum absolute atomic E-state index is 9.75. The Kier molecular flexibility index (Phi) is 5.95. The first-order chi connectivity index (χ1) is 6.43. The summed E-state index contributed by atoms with van der Waals surface area (Å²) in [7, 11) is -6.00. The molecule has 6 heteroatoms. The Morgan fingerprint density at radius 1 is 1.00 bits per heavy atom. The number of halogens is 4. The van der Waals surface area contributed by atoms with Crippen molar-refractivity contribution in [1.29, 1.82) is 0 Å². The van der Waals surface area contributed by atoms with E-state index in [1.807, 2.05) is 18.2 Å². The van der Waals surface area contributed by atoms with E-state index in [0.29, 0.717) is 0 Å². The van der Waals surface area contributed by atoms with Gasteiger partial charge >= 0.3 is 7.25 Å². The lowest BCUT2D eigenvalue weighted by Crippen LogP contribution is -2.02. The van der Waals surface area contributed by atoms with Crippen LogP contribution in [-0.4, -0.2) is 13.8 Å². The van der Waals surface area contributed by atoms with Gasteiger partial charge in [0.1, 0.15) is 0 Å². The molecule has 1 nitrogen and oxygen atoms in total. The Bertz CT molecular complexity index is 231. The van der Waals surface area contributed by atoms with Crippen LogP contribution in [0.4, 0.5) is 17.3 Å². The van der Waals surface area contributed by atoms with Crippen molar-refractivity contribution in [2.45, 2.75) is 6.42 Å². The first-order valence-corrected chi connectivity index (χ1v) is 4.05. The minimum Gasteiger partial charge on any atom is -0.418 e. The van der Waals surface area contributed by atoms with E-state index in [2.05, 4.69) is 12.1 Å². The second-order valence-electron chi connectivity index (χ2n) is 2.52. The lowest BCUT2D eigenvalue weighted by atomic mass is 10.2. The molecule has 0 aliphatic carbocycles. The standard InChI is InChI=1S/C8H11N.BF4/c9-7-6-8-4-2-1-3-5-8;2-1(3,4)5/h1-5H,6-7,9H2;/q;-1. The van der Waals surface area contributed by atoms with E-state index in [1.165, 1.54) is 5.56 Å². The van der Waals surface area contributed by atoms with Gasteiger partial charge in [-0.1, -0.05) is 30.3 Å². The summed E-state index contributed by atoms with van der Waals surface area (Å²) < 4.78 is 39.0. The highest BCUT2D eigenvalue weighted by Crippen LogP contribution is 2.06. The fraction of sp³-hybridized carbons (Fsp3) is 0.250. The highest BCUT2D eigenvalue weighted by molar-refractivity contribution is 6.50. The van der Waals surface area contributed by atoms with Crippen LogP contribution in [0.15, 0.2) is 30.3 Å². The molecule has 0 bridgehead atoms. The van der Waals surface area contributed by atoms with Gasteiger partial charge in [-0.3, -0.25) is 0 Å². The highest BCUT2D eigenvalue weighted by Gasteiger charge is 2.20. The second-order valence-corrected chi connectivity index (χ2v) is 2.52. The van der Waals surface area contributed by atoms with Crippen LogP contribution < -0.4 is 5.73 Å². The SMILES string of the molecule is F[B-](F)(F)F.NCCc1ccccc1. The van der Waals surface area contributed by atoms with Crippen LogP contribution in [0.25, 0.3) is 0 Å². The zero-order chi connectivity index (χ0) is 11.0. The molecule has 0 amide bonds. The summed E-state index contributed by atoms with van der Waals surface area (Å²) in [6, 6.07) is 10.3. The summed E-state index contributed by atoms with van der Waals surface area (Å²) in [5.41, 5.74) is 6.68. The molecule has 0 aliphatic heterocycles. The average molecular weight is 208 g/mol. The van der Waals surface area contributed by atoms with Crippen molar-refractivity contribution in [2.75, 3.05) is 6.54 Å². The Labute approximate surface area is 80.0 Å². The van der Waals surface area contributed by atoms with E-state index in [9.17, 15) is 17.3 Å². The van der Waals surface area contributed by atoms with Crippen LogP contribution in [-0.2, 0) is 6.42 Å². The molecule has 0 unspecified atom stereocenters. The van der Waals surface area contributed by atoms with Gasteiger partial charge in [0, 0.05) is 0 Å². The van der Waals surface area contributed by atoms with Crippen LogP contribution in [0.3, 0.4) is 0 Å². The molecule has 0 spiro atoms. The van der Waals surface area contributed by atoms with E-state index in [4.69, 9.17) is 5.73 Å². The summed E-state index contributed by atoms with van der Waals surface area (Å²) in [6.07, 6.45) is 0.987. The molecule has 80 valence electrons. The van der Waals surface area contributed by atoms with Crippen molar-refractivity contribution < 1.29 is 17.3 Å². The van der Waals surface area contributed by atoms with Crippen LogP contribution >= 0.6 is 0 Å². The Hall–Kier alpha value is -1.04. The molecule has 0 aliphatic rings. The third kappa shape index (κ3) is 11.0. The van der Waals surface area contributed by atoms with Gasteiger partial charge < -0.3 is 23.0 Å². The van der Waals surface area contributed by atoms with Crippen molar-refractivity contribution in [1.82, 2.24) is 0 Å². The van der Waals surface area contributed by atoms with Crippen LogP contribution in [0, 0.1) is 0 Å². The molecule has 2 N–H and O–H groups in total. The van der Waals surface area contributed by atoms with Crippen molar-refractivity contribution in [3.63, 3.8) is 0 Å². The minimum absolute atomic E-state index is 0.740. The van der Waals surface area contributed by atoms with Crippen LogP contribution in [0.5, 0.6) is 0 Å². The van der Waals surface area contributed by atoms with Gasteiger partial charge in [0.2, 0.25) is 0 Å². The lowest BCUT2D eigenvalue weighted by Gasteiger charge is -1.94. The van der Waals surface area contributed by atoms with E-state index in [0.717, 1.165) is 13.0 Å². The maximum Gasteiger partial charge on any atom is 0.673 e. The molecule has 0 atom stereocenters. The third-order valence-electron chi connectivity index (χ3n) is 1.28. The zero-order valence-electron chi connectivity index (χ0n) is 7.47. The smallest absolute Gasteiger partial charge is 0.418 e. The predicted molar refractivity (Wildman–Crippen MR) is 49.4 cm³/mol. The molecular weight excluding hydrogens is 197 g/mol. The van der Waals surface area contributed by atoms with Crippen molar-refractivity contribution in [2.24, 2.45) is 5.73 Å². The summed E-state index contributed by atoms with van der Waals surface area (Å²) in [5.74, 6) is 0. The number of rotatable bonds is 2. The molecule has 0 aromatic heterocycles. The number of nitrogens with two attached hydrogens (primary N) is 1. The van der Waals surface area contributed by atoms with Crippen LogP contribution in [0.2, 0.25) is 0 Å². The summed E-state index contributed by atoms with van der Waals surface area (Å²) in [4.78, 5) is 0. The Morgan fingerprint density at radius 3 is 1.79 bits per heavy atom. The molecule has 1 rings (SSSR count). The van der Waals surface area contributed by atoms with Gasteiger partial charge in [0.25, 0.3) is 0 Å². The second kappa shape index (κ2) is 6.42. The zero-order valence-corrected chi connectivity index (χ0v) is 7.47. The maximum atomic E-state index is 9.75. The molecule has 0 saturated heterocycles. The Morgan fingerprint density at radius 2 is 1.43 bits per heavy atom. The van der Waals surface area contributed by atoms with Gasteiger partial charge in [-0.15, -0.1) is 0 Å². The van der Waals surface area contributed by atoms with E-state index < -0.39 is 7.25 Å². The summed E-state index contributed by atoms with van der Waals surface area (Å²) in [6.45, 7) is 0.740. The van der Waals surface area contributed by atoms with E-state index in [-0.39, 0.29) is 0 Å². The molecule has 1 aromatic carbocycles. The Balaban J connectivity index is 0.000000292. The predicted octanol–water partition coefficient (Wildman–Crippen LogP) is 2.49. The first kappa shape index (κ1) is 13.0. The van der Waals surface area contributed by atoms with Gasteiger partial charge in [-0.2, -0.15) is 0 Å². The lowest BCUT2D eigenvalue weighted by molar-refractivity contribution is 0.368. The number of benzene rings is 1. The number of hydrogen-bond donors (Lipinski definition) is 1. The summed E-state index contributed by atoms with van der Waals surface area (Å²) >= 11 is 0. The molecular formula is C8H11BF4N-. The topological polar surface area (TPSA) is 26.0 Å². The quantitative estimate of drug-likeness (QED) is 0.586. The van der Waals surface area contributed by atoms with Crippen molar-refractivity contribution in [3.05, 3.63) is 35.9 Å². The fourth-order valence-electron chi connectivity index (χ4n) is 0.811. The average Bonchev–Trinajstić information content (AvgIpc) is 2.03. The van der Waals surface area contributed by atoms with E-state index in [1.54, 1.807) is 0 Å². The largest absolute Gasteiger partial charge is 0.673 e. The fourth-order valence-corrected chi connectivity index (χ4v) is 0.811. The normalized spacial score (nSPS) is 10.4. The molecule has 0 saturated carbocycles. The molecule has 1 aromatic rings. The van der Waals surface area contributed by atoms with Gasteiger partial charge in [-0.25, -0.2) is 0 Å². The van der Waals surface area contributed by atoms with E-state index >= 15 is 0 Å². The van der Waals surface area contributed by atoms with Crippen LogP contribution in [0.1, 0.15) is 5.56 Å². The molecule has 0 radical (unpaired) electrons. The van der Waals surface area contributed by atoms with Crippen molar-refractivity contribution >= 4 is 7.25 Å². The molecule has 0 fully saturated rings.